The Balaban J connectivity index is 1.56. The maximum absolute atomic E-state index is 13.1. The van der Waals surface area contributed by atoms with Crippen molar-refractivity contribution in [3.8, 4) is 0 Å². The standard InChI is InChI=1S/C31H24Cl2F3N5S/c32-23-14-10-21(11-15-23)28-25(20-6-2-1-3-7-20)18-19-41(39-28)30(38-29(37)26-8-4-5-9-27(26)33)40-42-24-16-12-22(13-17-24)31(34,35)36/h1-17,25H,18-19H2,(H2,37,38,40). The summed E-state index contributed by atoms with van der Waals surface area (Å²) in [7, 11) is 0. The number of benzene rings is 4. The van der Waals surface area contributed by atoms with Crippen LogP contribution in [0.25, 0.3) is 0 Å². The van der Waals surface area contributed by atoms with Crippen molar-refractivity contribution in [1.29, 1.82) is 0 Å². The molecule has 4 aromatic carbocycles. The van der Waals surface area contributed by atoms with Crippen LogP contribution in [0.4, 0.5) is 13.2 Å². The van der Waals surface area contributed by atoms with Gasteiger partial charge in [0.1, 0.15) is 5.84 Å². The Morgan fingerprint density at radius 3 is 2.21 bits per heavy atom. The number of guanidine groups is 1. The van der Waals surface area contributed by atoms with Crippen molar-refractivity contribution in [2.75, 3.05) is 6.54 Å². The second-order valence-electron chi connectivity index (χ2n) is 9.35. The SMILES string of the molecule is N/C(=N/C(=N/Sc1ccc(C(F)(F)F)cc1)N1CCC(c2ccccc2)C(c2ccc(Cl)cc2)=N1)c1ccccc1Cl. The van der Waals surface area contributed by atoms with E-state index in [0.717, 1.165) is 40.9 Å². The normalized spacial score (nSPS) is 16.4. The fourth-order valence-corrected chi connectivity index (χ4v) is 5.37. The molecule has 11 heteroatoms. The minimum Gasteiger partial charge on any atom is -0.383 e. The third-order valence-electron chi connectivity index (χ3n) is 6.55. The first-order chi connectivity index (χ1) is 20.2. The van der Waals surface area contributed by atoms with E-state index in [-0.39, 0.29) is 17.7 Å². The summed E-state index contributed by atoms with van der Waals surface area (Å²) in [5.41, 5.74) is 8.96. The van der Waals surface area contributed by atoms with Crippen molar-refractivity contribution in [3.05, 3.63) is 135 Å². The summed E-state index contributed by atoms with van der Waals surface area (Å²) in [6.45, 7) is 0.461. The van der Waals surface area contributed by atoms with Crippen molar-refractivity contribution >= 4 is 52.7 Å². The number of alkyl halides is 3. The van der Waals surface area contributed by atoms with Gasteiger partial charge in [-0.2, -0.15) is 27.7 Å². The molecule has 1 aliphatic rings. The van der Waals surface area contributed by atoms with Crippen LogP contribution >= 0.6 is 35.1 Å². The largest absolute Gasteiger partial charge is 0.416 e. The van der Waals surface area contributed by atoms with Crippen LogP contribution < -0.4 is 5.73 Å². The van der Waals surface area contributed by atoms with Crippen molar-refractivity contribution < 1.29 is 13.2 Å². The Kier molecular flexibility index (Phi) is 9.21. The molecule has 1 aliphatic heterocycles. The van der Waals surface area contributed by atoms with Gasteiger partial charge in [0.2, 0.25) is 0 Å². The second-order valence-corrected chi connectivity index (χ2v) is 11.0. The number of nitrogens with two attached hydrogens (primary N) is 1. The average Bonchev–Trinajstić information content (AvgIpc) is 3.00. The van der Waals surface area contributed by atoms with Crippen LogP contribution in [0.1, 0.15) is 34.6 Å². The minimum absolute atomic E-state index is 0.00247. The van der Waals surface area contributed by atoms with E-state index in [1.807, 2.05) is 42.5 Å². The summed E-state index contributed by atoms with van der Waals surface area (Å²) in [6.07, 6.45) is -3.74. The van der Waals surface area contributed by atoms with Gasteiger partial charge in [-0.15, -0.1) is 0 Å². The van der Waals surface area contributed by atoms with Crippen LogP contribution in [-0.4, -0.2) is 29.1 Å². The molecule has 0 aliphatic carbocycles. The molecule has 0 amide bonds. The average molecular weight is 627 g/mol. The molecule has 0 saturated carbocycles. The number of hydrogen-bond acceptors (Lipinski definition) is 3. The quantitative estimate of drug-likeness (QED) is 0.137. The summed E-state index contributed by atoms with van der Waals surface area (Å²) < 4.78 is 43.8. The fourth-order valence-electron chi connectivity index (χ4n) is 4.43. The summed E-state index contributed by atoms with van der Waals surface area (Å²) in [4.78, 5) is 5.09. The highest BCUT2D eigenvalue weighted by molar-refractivity contribution is 7.98. The molecule has 5 nitrogen and oxygen atoms in total. The first-order valence-corrected chi connectivity index (χ1v) is 14.4. The lowest BCUT2D eigenvalue weighted by atomic mass is 9.86. The van der Waals surface area contributed by atoms with Crippen molar-refractivity contribution in [3.63, 3.8) is 0 Å². The zero-order valence-corrected chi connectivity index (χ0v) is 24.3. The third kappa shape index (κ3) is 7.15. The summed E-state index contributed by atoms with van der Waals surface area (Å²) in [5, 5.41) is 7.67. The lowest BCUT2D eigenvalue weighted by Gasteiger charge is -2.31. The number of hydrazone groups is 1. The van der Waals surface area contributed by atoms with E-state index in [4.69, 9.17) is 34.0 Å². The predicted molar refractivity (Wildman–Crippen MR) is 165 cm³/mol. The maximum atomic E-state index is 13.1. The molecule has 0 bridgehead atoms. The van der Waals surface area contributed by atoms with Gasteiger partial charge in [-0.1, -0.05) is 77.8 Å². The summed E-state index contributed by atoms with van der Waals surface area (Å²) >= 11 is 13.5. The number of amidine groups is 1. The highest BCUT2D eigenvalue weighted by Crippen LogP contribution is 2.33. The lowest BCUT2D eigenvalue weighted by molar-refractivity contribution is -0.137. The van der Waals surface area contributed by atoms with Gasteiger partial charge in [-0.25, -0.2) is 5.01 Å². The van der Waals surface area contributed by atoms with E-state index in [0.29, 0.717) is 33.5 Å². The van der Waals surface area contributed by atoms with Crippen molar-refractivity contribution in [2.24, 2.45) is 20.2 Å². The van der Waals surface area contributed by atoms with Crippen LogP contribution in [0.5, 0.6) is 0 Å². The van der Waals surface area contributed by atoms with Crippen LogP contribution in [0.3, 0.4) is 0 Å². The molecule has 0 saturated heterocycles. The first kappa shape index (κ1) is 29.7. The molecule has 0 radical (unpaired) electrons. The molecule has 0 aromatic heterocycles. The number of nitrogens with zero attached hydrogens (tertiary/aromatic N) is 4. The van der Waals surface area contributed by atoms with Gasteiger partial charge in [0.15, 0.2) is 0 Å². The minimum atomic E-state index is -4.43. The maximum Gasteiger partial charge on any atom is 0.416 e. The first-order valence-electron chi connectivity index (χ1n) is 12.9. The van der Waals surface area contributed by atoms with Crippen molar-refractivity contribution in [2.45, 2.75) is 23.4 Å². The number of aliphatic imine (C=N–C) groups is 1. The highest BCUT2D eigenvalue weighted by atomic mass is 35.5. The summed E-state index contributed by atoms with van der Waals surface area (Å²) in [5.74, 6) is 0.299. The Morgan fingerprint density at radius 1 is 0.881 bits per heavy atom. The number of halogens is 5. The van der Waals surface area contributed by atoms with Gasteiger partial charge in [-0.05, 0) is 66.1 Å². The van der Waals surface area contributed by atoms with Crippen LogP contribution in [0.15, 0.2) is 123 Å². The Bertz CT molecular complexity index is 1620. The Labute approximate surface area is 255 Å². The fraction of sp³-hybridized carbons (Fsp3) is 0.129. The molecule has 1 unspecified atom stereocenters. The smallest absolute Gasteiger partial charge is 0.383 e. The van der Waals surface area contributed by atoms with E-state index in [9.17, 15) is 13.2 Å². The van der Waals surface area contributed by atoms with Gasteiger partial charge >= 0.3 is 6.18 Å². The molecular formula is C31H24Cl2F3N5S. The molecule has 5 rings (SSSR count). The molecule has 42 heavy (non-hydrogen) atoms. The van der Waals surface area contributed by atoms with Gasteiger partial charge < -0.3 is 5.73 Å². The van der Waals surface area contributed by atoms with E-state index < -0.39 is 11.7 Å². The number of hydrogen-bond donors (Lipinski definition) is 1. The zero-order valence-electron chi connectivity index (χ0n) is 22.0. The molecule has 1 heterocycles. The van der Waals surface area contributed by atoms with E-state index in [1.54, 1.807) is 29.3 Å². The van der Waals surface area contributed by atoms with Crippen LogP contribution in [-0.2, 0) is 6.18 Å². The number of rotatable bonds is 5. The Hall–Kier alpha value is -3.79. The predicted octanol–water partition coefficient (Wildman–Crippen LogP) is 8.67. The molecule has 214 valence electrons. The van der Waals surface area contributed by atoms with E-state index in [1.165, 1.54) is 12.1 Å². The molecule has 1 atom stereocenters. The van der Waals surface area contributed by atoms with Gasteiger partial charge in [0, 0.05) is 39.9 Å². The van der Waals surface area contributed by atoms with Crippen LogP contribution in [0, 0.1) is 0 Å². The monoisotopic (exact) mass is 625 g/mol. The molecule has 4 aromatic rings. The lowest BCUT2D eigenvalue weighted by Crippen LogP contribution is -2.36. The van der Waals surface area contributed by atoms with E-state index >= 15 is 0 Å². The van der Waals surface area contributed by atoms with Gasteiger partial charge in [0.25, 0.3) is 5.96 Å². The summed E-state index contributed by atoms with van der Waals surface area (Å²) in [6, 6.07) is 29.3. The van der Waals surface area contributed by atoms with Gasteiger partial charge in [0.05, 0.1) is 16.3 Å². The Morgan fingerprint density at radius 2 is 1.55 bits per heavy atom. The topological polar surface area (TPSA) is 66.3 Å². The second kappa shape index (κ2) is 13.0. The van der Waals surface area contributed by atoms with Crippen molar-refractivity contribution in [1.82, 2.24) is 5.01 Å². The third-order valence-corrected chi connectivity index (χ3v) is 7.86. The van der Waals surface area contributed by atoms with E-state index in [2.05, 4.69) is 21.5 Å². The zero-order chi connectivity index (χ0) is 29.7. The molecular weight excluding hydrogens is 602 g/mol. The highest BCUT2D eigenvalue weighted by Gasteiger charge is 2.30. The molecule has 2 N–H and O–H groups in total. The molecule has 0 fully saturated rings. The van der Waals surface area contributed by atoms with Crippen LogP contribution in [0.2, 0.25) is 10.0 Å². The van der Waals surface area contributed by atoms with Gasteiger partial charge in [-0.3, -0.25) is 0 Å². The molecule has 0 spiro atoms.